The van der Waals surface area contributed by atoms with Gasteiger partial charge in [0, 0.05) is 5.39 Å². The molecule has 0 spiro atoms. The summed E-state index contributed by atoms with van der Waals surface area (Å²) in [5.41, 5.74) is 2.36. The molecule has 0 saturated heterocycles. The zero-order chi connectivity index (χ0) is 19.2. The van der Waals surface area contributed by atoms with Gasteiger partial charge in [-0.15, -0.1) is 0 Å². The highest BCUT2D eigenvalue weighted by molar-refractivity contribution is 5.95. The van der Waals surface area contributed by atoms with Crippen molar-refractivity contribution in [2.45, 2.75) is 6.92 Å². The Kier molecular flexibility index (Phi) is 5.53. The number of benzene rings is 2. The molecule has 0 N–H and O–H groups in total. The van der Waals surface area contributed by atoms with E-state index in [1.54, 1.807) is 44.4 Å². The topological polar surface area (TPSA) is 81.4 Å². The van der Waals surface area contributed by atoms with E-state index in [0.717, 1.165) is 10.9 Å². The second-order valence-electron chi connectivity index (χ2n) is 5.80. The molecule has 3 aromatic rings. The molecule has 6 heteroatoms. The lowest BCUT2D eigenvalue weighted by atomic mass is 10.1. The lowest BCUT2D eigenvalue weighted by molar-refractivity contribution is 0.0449. The van der Waals surface area contributed by atoms with Crippen LogP contribution in [0.4, 0.5) is 0 Å². The van der Waals surface area contributed by atoms with E-state index in [1.165, 1.54) is 0 Å². The summed E-state index contributed by atoms with van der Waals surface area (Å²) in [5.74, 6) is 0.858. The molecule has 2 aromatic carbocycles. The third-order valence-corrected chi connectivity index (χ3v) is 4.00. The summed E-state index contributed by atoms with van der Waals surface area (Å²) in [7, 11) is 1.59. The fourth-order valence-electron chi connectivity index (χ4n) is 2.58. The number of aromatic nitrogens is 1. The maximum absolute atomic E-state index is 12.4. The molecule has 0 aliphatic heterocycles. The van der Waals surface area contributed by atoms with Gasteiger partial charge in [-0.2, -0.15) is 5.26 Å². The second-order valence-corrected chi connectivity index (χ2v) is 5.80. The van der Waals surface area contributed by atoms with Gasteiger partial charge in [-0.3, -0.25) is 4.98 Å². The standard InChI is InChI=1S/C21H18N2O4/c1-14-19(12-16-11-18(25-2)7-8-20(16)23-14)21(24)27-10-9-26-17-5-3-15(13-22)4-6-17/h3-8,11-12H,9-10H2,1-2H3. The Morgan fingerprint density at radius 1 is 1.07 bits per heavy atom. The zero-order valence-electron chi connectivity index (χ0n) is 15.1. The number of carbonyl (C=O) groups excluding carboxylic acids is 1. The molecule has 0 fully saturated rings. The average molecular weight is 362 g/mol. The zero-order valence-corrected chi connectivity index (χ0v) is 15.1. The van der Waals surface area contributed by atoms with E-state index in [0.29, 0.717) is 28.3 Å². The van der Waals surface area contributed by atoms with E-state index in [-0.39, 0.29) is 13.2 Å². The predicted octanol–water partition coefficient (Wildman–Crippen LogP) is 3.66. The molecule has 3 rings (SSSR count). The van der Waals surface area contributed by atoms with E-state index in [2.05, 4.69) is 4.98 Å². The van der Waals surface area contributed by atoms with Crippen LogP contribution in [-0.2, 0) is 4.74 Å². The Hall–Kier alpha value is -3.59. The number of ether oxygens (including phenoxy) is 3. The van der Waals surface area contributed by atoms with Gasteiger partial charge in [0.2, 0.25) is 0 Å². The molecule has 1 heterocycles. The molecule has 0 amide bonds. The van der Waals surface area contributed by atoms with Crippen molar-refractivity contribution < 1.29 is 19.0 Å². The molecule has 0 aliphatic carbocycles. The van der Waals surface area contributed by atoms with E-state index in [4.69, 9.17) is 19.5 Å². The summed E-state index contributed by atoms with van der Waals surface area (Å²) in [6, 6.07) is 16.0. The maximum Gasteiger partial charge on any atom is 0.340 e. The van der Waals surface area contributed by atoms with Crippen molar-refractivity contribution in [3.63, 3.8) is 0 Å². The summed E-state index contributed by atoms with van der Waals surface area (Å²) in [6.07, 6.45) is 0. The molecule has 136 valence electrons. The van der Waals surface area contributed by atoms with E-state index in [9.17, 15) is 4.79 Å². The number of carbonyl (C=O) groups is 1. The number of nitrogens with zero attached hydrogens (tertiary/aromatic N) is 2. The highest BCUT2D eigenvalue weighted by atomic mass is 16.6. The molecule has 0 radical (unpaired) electrons. The van der Waals surface area contributed by atoms with E-state index in [1.807, 2.05) is 24.3 Å². The van der Waals surface area contributed by atoms with Crippen LogP contribution in [0.3, 0.4) is 0 Å². The quantitative estimate of drug-likeness (QED) is 0.492. The third-order valence-electron chi connectivity index (χ3n) is 4.00. The van der Waals surface area contributed by atoms with Crippen LogP contribution in [0, 0.1) is 18.3 Å². The second kappa shape index (κ2) is 8.19. The van der Waals surface area contributed by atoms with Crippen molar-refractivity contribution >= 4 is 16.9 Å². The van der Waals surface area contributed by atoms with Crippen LogP contribution in [0.25, 0.3) is 10.9 Å². The Morgan fingerprint density at radius 2 is 1.81 bits per heavy atom. The van der Waals surface area contributed by atoms with Gasteiger partial charge in [-0.25, -0.2) is 4.79 Å². The van der Waals surface area contributed by atoms with Gasteiger partial charge in [0.05, 0.1) is 35.5 Å². The predicted molar refractivity (Wildman–Crippen MR) is 100.0 cm³/mol. The molecule has 0 bridgehead atoms. The minimum absolute atomic E-state index is 0.106. The first-order valence-corrected chi connectivity index (χ1v) is 8.36. The Labute approximate surface area is 156 Å². The summed E-state index contributed by atoms with van der Waals surface area (Å²) in [4.78, 5) is 16.8. The van der Waals surface area contributed by atoms with Crippen molar-refractivity contribution in [2.75, 3.05) is 20.3 Å². The van der Waals surface area contributed by atoms with Crippen LogP contribution in [-0.4, -0.2) is 31.3 Å². The van der Waals surface area contributed by atoms with Crippen LogP contribution in [0.2, 0.25) is 0 Å². The largest absolute Gasteiger partial charge is 0.497 e. The molecule has 0 saturated carbocycles. The van der Waals surface area contributed by atoms with Crippen LogP contribution < -0.4 is 9.47 Å². The SMILES string of the molecule is COc1ccc2nc(C)c(C(=O)OCCOc3ccc(C#N)cc3)cc2c1. The van der Waals surface area contributed by atoms with Crippen LogP contribution >= 0.6 is 0 Å². The number of fused-ring (bicyclic) bond motifs is 1. The lowest BCUT2D eigenvalue weighted by Gasteiger charge is -2.10. The van der Waals surface area contributed by atoms with E-state index < -0.39 is 5.97 Å². The number of esters is 1. The number of hydrogen-bond acceptors (Lipinski definition) is 6. The Bertz CT molecular complexity index is 1010. The van der Waals surface area contributed by atoms with Gasteiger partial charge in [0.1, 0.15) is 24.7 Å². The van der Waals surface area contributed by atoms with Crippen molar-refractivity contribution in [3.05, 3.63) is 65.4 Å². The highest BCUT2D eigenvalue weighted by Crippen LogP contribution is 2.22. The molecule has 1 aromatic heterocycles. The smallest absolute Gasteiger partial charge is 0.340 e. The monoisotopic (exact) mass is 362 g/mol. The molecule has 0 unspecified atom stereocenters. The highest BCUT2D eigenvalue weighted by Gasteiger charge is 2.13. The Balaban J connectivity index is 1.61. The summed E-state index contributed by atoms with van der Waals surface area (Å²) in [6.45, 7) is 2.09. The molecular formula is C21H18N2O4. The van der Waals surface area contributed by atoms with Crippen molar-refractivity contribution in [3.8, 4) is 17.6 Å². The first-order chi connectivity index (χ1) is 13.1. The van der Waals surface area contributed by atoms with Crippen molar-refractivity contribution in [1.29, 1.82) is 5.26 Å². The van der Waals surface area contributed by atoms with Gasteiger partial charge < -0.3 is 14.2 Å². The third kappa shape index (κ3) is 4.33. The summed E-state index contributed by atoms with van der Waals surface area (Å²) >= 11 is 0. The van der Waals surface area contributed by atoms with Gasteiger partial charge in [0.25, 0.3) is 0 Å². The van der Waals surface area contributed by atoms with Crippen LogP contribution in [0.1, 0.15) is 21.6 Å². The average Bonchev–Trinajstić information content (AvgIpc) is 2.70. The maximum atomic E-state index is 12.4. The number of pyridine rings is 1. The first kappa shape index (κ1) is 18.2. The van der Waals surface area contributed by atoms with Crippen LogP contribution in [0.5, 0.6) is 11.5 Å². The lowest BCUT2D eigenvalue weighted by Crippen LogP contribution is -2.14. The minimum atomic E-state index is -0.451. The number of rotatable bonds is 6. The first-order valence-electron chi connectivity index (χ1n) is 8.36. The summed E-state index contributed by atoms with van der Waals surface area (Å²) < 4.78 is 16.0. The summed E-state index contributed by atoms with van der Waals surface area (Å²) in [5, 5.41) is 9.58. The normalized spacial score (nSPS) is 10.3. The van der Waals surface area contributed by atoms with Crippen molar-refractivity contribution in [1.82, 2.24) is 4.98 Å². The van der Waals surface area contributed by atoms with Crippen molar-refractivity contribution in [2.24, 2.45) is 0 Å². The minimum Gasteiger partial charge on any atom is -0.497 e. The number of hydrogen-bond donors (Lipinski definition) is 0. The molecule has 6 nitrogen and oxygen atoms in total. The number of nitriles is 1. The Morgan fingerprint density at radius 3 is 2.52 bits per heavy atom. The number of aryl methyl sites for hydroxylation is 1. The van der Waals surface area contributed by atoms with Crippen LogP contribution in [0.15, 0.2) is 48.5 Å². The van der Waals surface area contributed by atoms with Gasteiger partial charge in [-0.1, -0.05) is 0 Å². The fraction of sp³-hybridized carbons (Fsp3) is 0.190. The van der Waals surface area contributed by atoms with Gasteiger partial charge in [0.15, 0.2) is 0 Å². The molecule has 0 aliphatic rings. The number of methoxy groups -OCH3 is 1. The van der Waals surface area contributed by atoms with E-state index >= 15 is 0 Å². The van der Waals surface area contributed by atoms with Gasteiger partial charge >= 0.3 is 5.97 Å². The fourth-order valence-corrected chi connectivity index (χ4v) is 2.58. The molecule has 0 atom stereocenters. The molecular weight excluding hydrogens is 344 g/mol. The van der Waals surface area contributed by atoms with Gasteiger partial charge in [-0.05, 0) is 55.5 Å². The molecule has 27 heavy (non-hydrogen) atoms.